The molecule has 0 bridgehead atoms. The minimum atomic E-state index is -3.74. The molecule has 0 atom stereocenters. The average molecular weight is 286 g/mol. The van der Waals surface area contributed by atoms with Crippen LogP contribution in [0.3, 0.4) is 0 Å². The zero-order valence-electron chi connectivity index (χ0n) is 10.4. The maximum absolute atomic E-state index is 13.6. The molecule has 0 amide bonds. The number of nitrogens with one attached hydrogen (secondary N) is 1. The van der Waals surface area contributed by atoms with Crippen LogP contribution >= 0.6 is 0 Å². The first-order valence-corrected chi connectivity index (χ1v) is 6.96. The van der Waals surface area contributed by atoms with E-state index in [4.69, 9.17) is 10.5 Å². The molecule has 7 heteroatoms. The van der Waals surface area contributed by atoms with Crippen LogP contribution in [0, 0.1) is 17.7 Å². The van der Waals surface area contributed by atoms with Crippen molar-refractivity contribution in [2.75, 3.05) is 26.8 Å². The van der Waals surface area contributed by atoms with E-state index < -0.39 is 15.8 Å². The Morgan fingerprint density at radius 2 is 2.21 bits per heavy atom. The van der Waals surface area contributed by atoms with Gasteiger partial charge in [0.1, 0.15) is 5.82 Å². The van der Waals surface area contributed by atoms with Crippen molar-refractivity contribution in [2.24, 2.45) is 5.73 Å². The molecule has 19 heavy (non-hydrogen) atoms. The second-order valence-electron chi connectivity index (χ2n) is 3.54. The molecule has 0 aromatic heterocycles. The van der Waals surface area contributed by atoms with Crippen molar-refractivity contribution in [3.63, 3.8) is 0 Å². The summed E-state index contributed by atoms with van der Waals surface area (Å²) >= 11 is 0. The number of hydrogen-bond acceptors (Lipinski definition) is 4. The zero-order chi connectivity index (χ0) is 14.3. The lowest BCUT2D eigenvalue weighted by Gasteiger charge is -2.06. The van der Waals surface area contributed by atoms with Gasteiger partial charge in [0.25, 0.3) is 0 Å². The second-order valence-corrected chi connectivity index (χ2v) is 5.31. The number of methoxy groups -OCH3 is 1. The Labute approximate surface area is 112 Å². The Kier molecular flexibility index (Phi) is 5.92. The Balaban J connectivity index is 2.94. The third-order valence-electron chi connectivity index (χ3n) is 2.17. The van der Waals surface area contributed by atoms with Crippen LogP contribution in [-0.2, 0) is 14.8 Å². The molecule has 0 saturated carbocycles. The van der Waals surface area contributed by atoms with Crippen molar-refractivity contribution in [3.05, 3.63) is 29.6 Å². The molecular formula is C12H15FN2O3S. The lowest BCUT2D eigenvalue weighted by atomic mass is 10.2. The molecule has 0 fully saturated rings. The molecule has 0 aliphatic heterocycles. The molecule has 5 nitrogen and oxygen atoms in total. The number of nitrogens with two attached hydrogens (primary N) is 1. The first-order valence-electron chi connectivity index (χ1n) is 5.48. The molecule has 0 aliphatic carbocycles. The van der Waals surface area contributed by atoms with Crippen LogP contribution in [0.15, 0.2) is 23.1 Å². The molecule has 0 radical (unpaired) electrons. The normalized spacial score (nSPS) is 10.9. The second kappa shape index (κ2) is 7.21. The maximum Gasteiger partial charge on any atom is 0.240 e. The van der Waals surface area contributed by atoms with Gasteiger partial charge in [-0.05, 0) is 18.2 Å². The van der Waals surface area contributed by atoms with Crippen LogP contribution in [0.5, 0.6) is 0 Å². The first kappa shape index (κ1) is 15.6. The molecule has 0 heterocycles. The van der Waals surface area contributed by atoms with Gasteiger partial charge in [0, 0.05) is 13.7 Å². The molecule has 1 rings (SSSR count). The molecular weight excluding hydrogens is 271 g/mol. The van der Waals surface area contributed by atoms with E-state index in [-0.39, 0.29) is 30.2 Å². The highest BCUT2D eigenvalue weighted by molar-refractivity contribution is 7.89. The van der Waals surface area contributed by atoms with Crippen molar-refractivity contribution in [1.82, 2.24) is 4.72 Å². The van der Waals surface area contributed by atoms with E-state index >= 15 is 0 Å². The summed E-state index contributed by atoms with van der Waals surface area (Å²) in [4.78, 5) is -0.153. The molecule has 104 valence electrons. The molecule has 0 unspecified atom stereocenters. The van der Waals surface area contributed by atoms with Crippen LogP contribution in [-0.4, -0.2) is 35.2 Å². The van der Waals surface area contributed by atoms with E-state index in [1.165, 1.54) is 19.2 Å². The number of rotatable bonds is 5. The topological polar surface area (TPSA) is 81.4 Å². The third-order valence-corrected chi connectivity index (χ3v) is 3.63. The van der Waals surface area contributed by atoms with Crippen LogP contribution in [0.25, 0.3) is 0 Å². The maximum atomic E-state index is 13.6. The van der Waals surface area contributed by atoms with Gasteiger partial charge < -0.3 is 10.5 Å². The van der Waals surface area contributed by atoms with E-state index in [9.17, 15) is 12.8 Å². The van der Waals surface area contributed by atoms with Gasteiger partial charge in [-0.1, -0.05) is 11.8 Å². The van der Waals surface area contributed by atoms with Gasteiger partial charge in [0.05, 0.1) is 23.6 Å². The fraction of sp³-hybridized carbons (Fsp3) is 0.333. The molecule has 0 spiro atoms. The largest absolute Gasteiger partial charge is 0.383 e. The highest BCUT2D eigenvalue weighted by atomic mass is 32.2. The van der Waals surface area contributed by atoms with E-state index in [1.54, 1.807) is 0 Å². The van der Waals surface area contributed by atoms with Gasteiger partial charge in [-0.2, -0.15) is 0 Å². The van der Waals surface area contributed by atoms with Crippen molar-refractivity contribution < 1.29 is 17.5 Å². The smallest absolute Gasteiger partial charge is 0.240 e. The van der Waals surface area contributed by atoms with Crippen LogP contribution < -0.4 is 10.5 Å². The summed E-state index contributed by atoms with van der Waals surface area (Å²) in [5, 5.41) is 0. The van der Waals surface area contributed by atoms with Crippen molar-refractivity contribution in [1.29, 1.82) is 0 Å². The van der Waals surface area contributed by atoms with Crippen LogP contribution in [0.1, 0.15) is 5.56 Å². The summed E-state index contributed by atoms with van der Waals surface area (Å²) in [7, 11) is -2.28. The van der Waals surface area contributed by atoms with Crippen molar-refractivity contribution >= 4 is 10.0 Å². The monoisotopic (exact) mass is 286 g/mol. The summed E-state index contributed by atoms with van der Waals surface area (Å²) < 4.78 is 44.2. The van der Waals surface area contributed by atoms with Crippen LogP contribution in [0.4, 0.5) is 4.39 Å². The fourth-order valence-electron chi connectivity index (χ4n) is 1.27. The van der Waals surface area contributed by atoms with Gasteiger partial charge in [-0.15, -0.1) is 0 Å². The van der Waals surface area contributed by atoms with Gasteiger partial charge >= 0.3 is 0 Å². The number of halogens is 1. The van der Waals surface area contributed by atoms with Gasteiger partial charge in [-0.25, -0.2) is 17.5 Å². The van der Waals surface area contributed by atoms with Gasteiger partial charge in [0.2, 0.25) is 10.0 Å². The number of ether oxygens (including phenoxy) is 1. The third kappa shape index (κ3) is 4.61. The Hall–Kier alpha value is -1.46. The Morgan fingerprint density at radius 1 is 1.47 bits per heavy atom. The highest BCUT2D eigenvalue weighted by Crippen LogP contribution is 2.14. The SMILES string of the molecule is COCCNS(=O)(=O)c1ccc(C#CCN)c(F)c1. The van der Waals surface area contributed by atoms with E-state index in [2.05, 4.69) is 16.6 Å². The standard InChI is InChI=1S/C12H15FN2O3S/c1-18-8-7-15-19(16,17)11-5-4-10(3-2-6-14)12(13)9-11/h4-5,9,15H,6-8,14H2,1H3. The number of benzene rings is 1. The van der Waals surface area contributed by atoms with Crippen molar-refractivity contribution in [2.45, 2.75) is 4.90 Å². The summed E-state index contributed by atoms with van der Waals surface area (Å²) in [6, 6.07) is 3.53. The Bertz CT molecular complexity index is 591. The van der Waals surface area contributed by atoms with Crippen LogP contribution in [0.2, 0.25) is 0 Å². The quantitative estimate of drug-likeness (QED) is 0.592. The van der Waals surface area contributed by atoms with E-state index in [1.807, 2.05) is 0 Å². The molecule has 0 saturated heterocycles. The summed E-state index contributed by atoms with van der Waals surface area (Å²) in [6.45, 7) is 0.467. The average Bonchev–Trinajstić information content (AvgIpc) is 2.37. The lowest BCUT2D eigenvalue weighted by molar-refractivity contribution is 0.204. The fourth-order valence-corrected chi connectivity index (χ4v) is 2.30. The number of hydrogen-bond donors (Lipinski definition) is 2. The highest BCUT2D eigenvalue weighted by Gasteiger charge is 2.15. The molecule has 0 aliphatic rings. The van der Waals surface area contributed by atoms with E-state index in [0.717, 1.165) is 6.07 Å². The Morgan fingerprint density at radius 3 is 2.79 bits per heavy atom. The predicted octanol–water partition coefficient (Wildman–Crippen LogP) is 0.0606. The summed E-state index contributed by atoms with van der Waals surface area (Å²) in [6.07, 6.45) is 0. The summed E-state index contributed by atoms with van der Waals surface area (Å²) in [5.41, 5.74) is 5.29. The minimum Gasteiger partial charge on any atom is -0.383 e. The minimum absolute atomic E-state index is 0.109. The molecule has 1 aromatic carbocycles. The number of sulfonamides is 1. The molecule has 1 aromatic rings. The summed E-state index contributed by atoms with van der Waals surface area (Å²) in [5.74, 6) is 4.32. The first-order chi connectivity index (χ1) is 9.01. The predicted molar refractivity (Wildman–Crippen MR) is 69.4 cm³/mol. The van der Waals surface area contributed by atoms with Crippen molar-refractivity contribution in [3.8, 4) is 11.8 Å². The zero-order valence-corrected chi connectivity index (χ0v) is 11.3. The lowest BCUT2D eigenvalue weighted by Crippen LogP contribution is -2.27. The van der Waals surface area contributed by atoms with E-state index in [0.29, 0.717) is 0 Å². The van der Waals surface area contributed by atoms with Gasteiger partial charge in [0.15, 0.2) is 0 Å². The van der Waals surface area contributed by atoms with Gasteiger partial charge in [-0.3, -0.25) is 0 Å². The molecule has 3 N–H and O–H groups in total.